The normalized spacial score (nSPS) is 10.7. The molecule has 4 aromatic rings. The second-order valence-corrected chi connectivity index (χ2v) is 7.01. The van der Waals surface area contributed by atoms with Gasteiger partial charge in [0.25, 0.3) is 5.56 Å². The Morgan fingerprint density at radius 2 is 1.80 bits per heavy atom. The second-order valence-electron chi connectivity index (χ2n) is 6.04. The number of aromatic amines is 1. The minimum absolute atomic E-state index is 0.240. The Bertz CT molecular complexity index is 1210. The molecule has 0 amide bonds. The fourth-order valence-corrected chi connectivity index (χ4v) is 3.42. The van der Waals surface area contributed by atoms with Crippen LogP contribution in [0.1, 0.15) is 5.89 Å². The molecular formula is C20H17N5O4S. The standard InChI is InChI=1S/C20H17N5O4S/c1-27-15-4-3-13(9-16(15)28-2)19-24-18(29-25-19)11-30-20-22-14(10-17(26)23-20)12-5-7-21-8-6-12/h3-10H,11H2,1-2H3,(H,22,23,26). The average Bonchev–Trinajstić information content (AvgIpc) is 3.26. The molecule has 4 rings (SSSR count). The summed E-state index contributed by atoms with van der Waals surface area (Å²) in [4.78, 5) is 27.6. The summed E-state index contributed by atoms with van der Waals surface area (Å²) in [5.41, 5.74) is 1.88. The monoisotopic (exact) mass is 423 g/mol. The van der Waals surface area contributed by atoms with E-state index in [1.165, 1.54) is 17.8 Å². The first-order valence-electron chi connectivity index (χ1n) is 8.86. The summed E-state index contributed by atoms with van der Waals surface area (Å²) in [6.45, 7) is 0. The van der Waals surface area contributed by atoms with Gasteiger partial charge in [-0.1, -0.05) is 16.9 Å². The van der Waals surface area contributed by atoms with Gasteiger partial charge >= 0.3 is 0 Å². The van der Waals surface area contributed by atoms with Crippen molar-refractivity contribution in [3.8, 4) is 34.1 Å². The summed E-state index contributed by atoms with van der Waals surface area (Å²) in [6.07, 6.45) is 3.30. The van der Waals surface area contributed by atoms with E-state index >= 15 is 0 Å². The van der Waals surface area contributed by atoms with E-state index in [0.717, 1.165) is 11.1 Å². The van der Waals surface area contributed by atoms with Crippen LogP contribution in [0.3, 0.4) is 0 Å². The van der Waals surface area contributed by atoms with Crippen molar-refractivity contribution in [3.05, 3.63) is 65.0 Å². The van der Waals surface area contributed by atoms with Crippen molar-refractivity contribution < 1.29 is 14.0 Å². The Labute approximate surface area is 175 Å². The first-order valence-corrected chi connectivity index (χ1v) is 9.84. The molecule has 0 aliphatic rings. The van der Waals surface area contributed by atoms with E-state index in [1.807, 2.05) is 6.07 Å². The maximum absolute atomic E-state index is 12.0. The van der Waals surface area contributed by atoms with Crippen molar-refractivity contribution in [2.45, 2.75) is 10.9 Å². The third-order valence-corrected chi connectivity index (χ3v) is 5.00. The third kappa shape index (κ3) is 4.33. The van der Waals surface area contributed by atoms with Gasteiger partial charge in [0.15, 0.2) is 16.7 Å². The molecular weight excluding hydrogens is 406 g/mol. The molecule has 3 heterocycles. The topological polar surface area (TPSA) is 116 Å². The number of rotatable bonds is 7. The zero-order valence-corrected chi connectivity index (χ0v) is 17.0. The van der Waals surface area contributed by atoms with Crippen LogP contribution in [0.4, 0.5) is 0 Å². The number of methoxy groups -OCH3 is 2. The summed E-state index contributed by atoms with van der Waals surface area (Å²) >= 11 is 1.30. The molecule has 0 aliphatic carbocycles. The largest absolute Gasteiger partial charge is 0.493 e. The van der Waals surface area contributed by atoms with Crippen LogP contribution in [-0.4, -0.2) is 39.3 Å². The van der Waals surface area contributed by atoms with E-state index in [-0.39, 0.29) is 5.56 Å². The predicted molar refractivity (Wildman–Crippen MR) is 110 cm³/mol. The van der Waals surface area contributed by atoms with Crippen molar-refractivity contribution in [3.63, 3.8) is 0 Å². The zero-order chi connectivity index (χ0) is 20.9. The lowest BCUT2D eigenvalue weighted by molar-refractivity contribution is 0.355. The molecule has 0 saturated heterocycles. The number of benzene rings is 1. The quantitative estimate of drug-likeness (QED) is 0.353. The number of hydrogen-bond acceptors (Lipinski definition) is 9. The number of hydrogen-bond donors (Lipinski definition) is 1. The van der Waals surface area contributed by atoms with Gasteiger partial charge in [-0.2, -0.15) is 4.98 Å². The molecule has 0 bridgehead atoms. The van der Waals surface area contributed by atoms with Gasteiger partial charge in [0.2, 0.25) is 11.7 Å². The van der Waals surface area contributed by atoms with Crippen LogP contribution in [-0.2, 0) is 5.75 Å². The van der Waals surface area contributed by atoms with Crippen LogP contribution in [0.25, 0.3) is 22.6 Å². The van der Waals surface area contributed by atoms with E-state index in [9.17, 15) is 4.79 Å². The molecule has 0 aliphatic heterocycles. The number of thioether (sulfide) groups is 1. The van der Waals surface area contributed by atoms with Gasteiger partial charge in [0.05, 0.1) is 25.7 Å². The van der Waals surface area contributed by atoms with Crippen molar-refractivity contribution in [2.75, 3.05) is 14.2 Å². The Balaban J connectivity index is 1.50. The van der Waals surface area contributed by atoms with Crippen LogP contribution in [0.5, 0.6) is 11.5 Å². The molecule has 0 atom stereocenters. The molecule has 0 radical (unpaired) electrons. The molecule has 0 fully saturated rings. The number of H-pyrrole nitrogens is 1. The smallest absolute Gasteiger partial charge is 0.252 e. The highest BCUT2D eigenvalue weighted by molar-refractivity contribution is 7.98. The molecule has 3 aromatic heterocycles. The van der Waals surface area contributed by atoms with E-state index < -0.39 is 0 Å². The third-order valence-electron chi connectivity index (χ3n) is 4.14. The van der Waals surface area contributed by atoms with Gasteiger partial charge in [-0.15, -0.1) is 0 Å². The minimum Gasteiger partial charge on any atom is -0.493 e. The predicted octanol–water partition coefficient (Wildman–Crippen LogP) is 3.19. The van der Waals surface area contributed by atoms with Gasteiger partial charge in [-0.05, 0) is 30.3 Å². The molecule has 0 unspecified atom stereocenters. The van der Waals surface area contributed by atoms with Crippen LogP contribution in [0, 0.1) is 0 Å². The van der Waals surface area contributed by atoms with Gasteiger partial charge in [0.1, 0.15) is 0 Å². The Morgan fingerprint density at radius 3 is 2.57 bits per heavy atom. The maximum atomic E-state index is 12.0. The number of nitrogens with one attached hydrogen (secondary N) is 1. The van der Waals surface area contributed by atoms with Crippen molar-refractivity contribution in [2.24, 2.45) is 0 Å². The lowest BCUT2D eigenvalue weighted by Crippen LogP contribution is -2.08. The fourth-order valence-electron chi connectivity index (χ4n) is 2.71. The lowest BCUT2D eigenvalue weighted by Gasteiger charge is -2.07. The van der Waals surface area contributed by atoms with Crippen LogP contribution in [0.2, 0.25) is 0 Å². The molecule has 1 N–H and O–H groups in total. The SMILES string of the molecule is COc1ccc(-c2noc(CSc3nc(-c4ccncc4)cc(=O)[nH]3)n2)cc1OC. The van der Waals surface area contributed by atoms with Gasteiger partial charge in [-0.3, -0.25) is 9.78 Å². The summed E-state index contributed by atoms with van der Waals surface area (Å²) in [7, 11) is 3.14. The summed E-state index contributed by atoms with van der Waals surface area (Å²) in [5, 5.41) is 4.48. The first-order chi connectivity index (χ1) is 14.7. The molecule has 9 nitrogen and oxygen atoms in total. The van der Waals surface area contributed by atoms with Crippen molar-refractivity contribution in [1.29, 1.82) is 0 Å². The van der Waals surface area contributed by atoms with Crippen molar-refractivity contribution in [1.82, 2.24) is 25.1 Å². The Kier molecular flexibility index (Phi) is 5.75. The summed E-state index contributed by atoms with van der Waals surface area (Å²) < 4.78 is 15.9. The average molecular weight is 423 g/mol. The van der Waals surface area contributed by atoms with Crippen LogP contribution < -0.4 is 15.0 Å². The number of aromatic nitrogens is 5. The highest BCUT2D eigenvalue weighted by Crippen LogP contribution is 2.31. The zero-order valence-electron chi connectivity index (χ0n) is 16.2. The Morgan fingerprint density at radius 1 is 1.00 bits per heavy atom. The van der Waals surface area contributed by atoms with E-state index in [1.54, 1.807) is 50.9 Å². The van der Waals surface area contributed by atoms with Crippen LogP contribution >= 0.6 is 11.8 Å². The van der Waals surface area contributed by atoms with E-state index in [4.69, 9.17) is 14.0 Å². The molecule has 152 valence electrons. The van der Waals surface area contributed by atoms with Crippen LogP contribution in [0.15, 0.2) is 63.3 Å². The van der Waals surface area contributed by atoms with Gasteiger partial charge in [0, 0.05) is 29.6 Å². The molecule has 10 heteroatoms. The molecule has 1 aromatic carbocycles. The molecule has 30 heavy (non-hydrogen) atoms. The second kappa shape index (κ2) is 8.78. The van der Waals surface area contributed by atoms with Gasteiger partial charge in [-0.25, -0.2) is 4.98 Å². The Hall–Kier alpha value is -3.66. The summed E-state index contributed by atoms with van der Waals surface area (Å²) in [6, 6.07) is 10.4. The number of ether oxygens (including phenoxy) is 2. The van der Waals surface area contributed by atoms with E-state index in [0.29, 0.717) is 39.8 Å². The van der Waals surface area contributed by atoms with E-state index in [2.05, 4.69) is 25.1 Å². The maximum Gasteiger partial charge on any atom is 0.252 e. The first kappa shape index (κ1) is 19.6. The number of pyridine rings is 1. The van der Waals surface area contributed by atoms with Crippen molar-refractivity contribution >= 4 is 11.8 Å². The minimum atomic E-state index is -0.240. The summed E-state index contributed by atoms with van der Waals surface area (Å²) in [5.74, 6) is 2.37. The molecule has 0 spiro atoms. The fraction of sp³-hybridized carbons (Fsp3) is 0.150. The highest BCUT2D eigenvalue weighted by Gasteiger charge is 2.13. The lowest BCUT2D eigenvalue weighted by atomic mass is 10.2. The van der Waals surface area contributed by atoms with Gasteiger partial charge < -0.3 is 19.0 Å². The highest BCUT2D eigenvalue weighted by atomic mass is 32.2. The molecule has 0 saturated carbocycles. The number of nitrogens with zero attached hydrogens (tertiary/aromatic N) is 4.